The number of nitrogens with one attached hydrogen (secondary N) is 1. The van der Waals surface area contributed by atoms with Gasteiger partial charge in [0.25, 0.3) is 0 Å². The maximum absolute atomic E-state index is 11.5. The minimum atomic E-state index is -1.06. The third-order valence-corrected chi connectivity index (χ3v) is 3.32. The van der Waals surface area contributed by atoms with Crippen LogP contribution in [0.25, 0.3) is 0 Å². The molecule has 0 spiro atoms. The highest BCUT2D eigenvalue weighted by Crippen LogP contribution is 2.09. The molecule has 18 heavy (non-hydrogen) atoms. The number of nitrogens with two attached hydrogens (primary N) is 1. The molecule has 0 fully saturated rings. The molecule has 0 aliphatic heterocycles. The van der Waals surface area contributed by atoms with Gasteiger partial charge in [0, 0.05) is 11.8 Å². The van der Waals surface area contributed by atoms with Gasteiger partial charge in [-0.05, 0) is 18.9 Å². The number of carboxylic acids is 1. The van der Waals surface area contributed by atoms with Crippen molar-refractivity contribution in [1.82, 2.24) is 10.3 Å². The van der Waals surface area contributed by atoms with Crippen LogP contribution in [0.5, 0.6) is 0 Å². The zero-order valence-electron chi connectivity index (χ0n) is 10.2. The van der Waals surface area contributed by atoms with Crippen molar-refractivity contribution < 1.29 is 14.7 Å². The fourth-order valence-corrected chi connectivity index (χ4v) is 1.96. The highest BCUT2D eigenvalue weighted by molar-refractivity contribution is 7.09. The Morgan fingerprint density at radius 2 is 2.33 bits per heavy atom. The van der Waals surface area contributed by atoms with E-state index in [1.807, 2.05) is 6.92 Å². The quantitative estimate of drug-likeness (QED) is 0.681. The Labute approximate surface area is 109 Å². The molecule has 0 bridgehead atoms. The number of aromatic nitrogens is 1. The largest absolute Gasteiger partial charge is 0.476 e. The molecule has 0 aromatic carbocycles. The summed E-state index contributed by atoms with van der Waals surface area (Å²) >= 11 is 1.22. The molecule has 0 saturated carbocycles. The molecule has 0 saturated heterocycles. The van der Waals surface area contributed by atoms with Crippen molar-refractivity contribution in [1.29, 1.82) is 0 Å². The third-order valence-electron chi connectivity index (χ3n) is 2.47. The predicted octanol–water partition coefficient (Wildman–Crippen LogP) is 0.832. The van der Waals surface area contributed by atoms with Gasteiger partial charge in [-0.25, -0.2) is 9.78 Å². The Kier molecular flexibility index (Phi) is 5.73. The van der Waals surface area contributed by atoms with Crippen molar-refractivity contribution in [2.45, 2.75) is 26.3 Å². The van der Waals surface area contributed by atoms with E-state index in [0.29, 0.717) is 23.9 Å². The molecule has 1 heterocycles. The lowest BCUT2D eigenvalue weighted by atomic mass is 10.1. The summed E-state index contributed by atoms with van der Waals surface area (Å²) in [6, 6.07) is 0. The fourth-order valence-electron chi connectivity index (χ4n) is 1.25. The first kappa shape index (κ1) is 14.6. The summed E-state index contributed by atoms with van der Waals surface area (Å²) in [4.78, 5) is 26.0. The predicted molar refractivity (Wildman–Crippen MR) is 68.4 cm³/mol. The first-order chi connectivity index (χ1) is 8.52. The highest BCUT2D eigenvalue weighted by atomic mass is 32.1. The second-order valence-electron chi connectivity index (χ2n) is 4.09. The van der Waals surface area contributed by atoms with Crippen LogP contribution in [0.1, 0.15) is 35.3 Å². The molecule has 0 aliphatic carbocycles. The summed E-state index contributed by atoms with van der Waals surface area (Å²) in [5, 5.41) is 13.4. The normalized spacial score (nSPS) is 12.1. The minimum absolute atomic E-state index is 0.0148. The van der Waals surface area contributed by atoms with Crippen molar-refractivity contribution >= 4 is 23.2 Å². The van der Waals surface area contributed by atoms with Gasteiger partial charge in [0.05, 0.1) is 6.54 Å². The first-order valence-electron chi connectivity index (χ1n) is 5.67. The standard InChI is InChI=1S/C11H17N3O3S/c1-7(4-12)2-3-9(15)13-5-10-14-8(6-18-10)11(16)17/h6-7H,2-5,12H2,1H3,(H,13,15)(H,16,17). The van der Waals surface area contributed by atoms with Crippen LogP contribution < -0.4 is 11.1 Å². The van der Waals surface area contributed by atoms with E-state index in [9.17, 15) is 9.59 Å². The first-order valence-corrected chi connectivity index (χ1v) is 6.55. The van der Waals surface area contributed by atoms with E-state index in [0.717, 1.165) is 6.42 Å². The average Bonchev–Trinajstić information content (AvgIpc) is 2.82. The second kappa shape index (κ2) is 7.07. The topological polar surface area (TPSA) is 105 Å². The number of aromatic carboxylic acids is 1. The van der Waals surface area contributed by atoms with Gasteiger partial charge < -0.3 is 16.2 Å². The van der Waals surface area contributed by atoms with Crippen LogP contribution in [0.2, 0.25) is 0 Å². The van der Waals surface area contributed by atoms with Crippen molar-refractivity contribution in [3.05, 3.63) is 16.1 Å². The number of hydrogen-bond donors (Lipinski definition) is 3. The number of hydrogen-bond acceptors (Lipinski definition) is 5. The zero-order valence-corrected chi connectivity index (χ0v) is 11.0. The van der Waals surface area contributed by atoms with Gasteiger partial charge in [-0.1, -0.05) is 6.92 Å². The number of nitrogens with zero attached hydrogens (tertiary/aromatic N) is 1. The Bertz CT molecular complexity index is 419. The van der Waals surface area contributed by atoms with Crippen LogP contribution in [0, 0.1) is 5.92 Å². The van der Waals surface area contributed by atoms with Crippen LogP contribution in [-0.2, 0) is 11.3 Å². The Morgan fingerprint density at radius 1 is 1.61 bits per heavy atom. The SMILES string of the molecule is CC(CN)CCC(=O)NCc1nc(C(=O)O)cs1. The van der Waals surface area contributed by atoms with Gasteiger partial charge in [-0.15, -0.1) is 11.3 Å². The highest BCUT2D eigenvalue weighted by Gasteiger charge is 2.10. The van der Waals surface area contributed by atoms with Crippen LogP contribution >= 0.6 is 11.3 Å². The van der Waals surface area contributed by atoms with Gasteiger partial charge in [0.2, 0.25) is 5.91 Å². The zero-order chi connectivity index (χ0) is 13.5. The van der Waals surface area contributed by atoms with E-state index in [2.05, 4.69) is 10.3 Å². The van der Waals surface area contributed by atoms with Crippen molar-refractivity contribution in [2.75, 3.05) is 6.54 Å². The second-order valence-corrected chi connectivity index (χ2v) is 5.03. The maximum Gasteiger partial charge on any atom is 0.355 e. The molecule has 1 atom stereocenters. The molecule has 1 amide bonds. The lowest BCUT2D eigenvalue weighted by molar-refractivity contribution is -0.121. The van der Waals surface area contributed by atoms with Crippen LogP contribution in [0.4, 0.5) is 0 Å². The molecule has 1 rings (SSSR count). The van der Waals surface area contributed by atoms with Crippen LogP contribution in [0.3, 0.4) is 0 Å². The average molecular weight is 271 g/mol. The van der Waals surface area contributed by atoms with Crippen molar-refractivity contribution in [2.24, 2.45) is 11.7 Å². The Balaban J connectivity index is 2.31. The summed E-state index contributed by atoms with van der Waals surface area (Å²) in [5.74, 6) is -0.794. The molecule has 1 aromatic heterocycles. The summed E-state index contributed by atoms with van der Waals surface area (Å²) in [5.41, 5.74) is 5.47. The number of rotatable bonds is 7. The Hall–Kier alpha value is -1.47. The van der Waals surface area contributed by atoms with Crippen molar-refractivity contribution in [3.8, 4) is 0 Å². The number of carboxylic acid groups (broad SMARTS) is 1. The molecule has 1 aromatic rings. The smallest absolute Gasteiger partial charge is 0.355 e. The summed E-state index contributed by atoms with van der Waals surface area (Å²) in [6.07, 6.45) is 1.18. The van der Waals surface area contributed by atoms with E-state index in [1.165, 1.54) is 16.7 Å². The molecule has 1 unspecified atom stereocenters. The van der Waals surface area contributed by atoms with E-state index >= 15 is 0 Å². The van der Waals surface area contributed by atoms with E-state index in [1.54, 1.807) is 0 Å². The third kappa shape index (κ3) is 4.80. The molecule has 0 radical (unpaired) electrons. The van der Waals surface area contributed by atoms with E-state index in [4.69, 9.17) is 10.8 Å². The molecular weight excluding hydrogens is 254 g/mol. The van der Waals surface area contributed by atoms with E-state index < -0.39 is 5.97 Å². The molecule has 0 aliphatic rings. The molecule has 100 valence electrons. The van der Waals surface area contributed by atoms with E-state index in [-0.39, 0.29) is 18.1 Å². The van der Waals surface area contributed by atoms with Gasteiger partial charge in [0.1, 0.15) is 5.01 Å². The molecule has 4 N–H and O–H groups in total. The number of carbonyl (C=O) groups is 2. The number of carbonyl (C=O) groups excluding carboxylic acids is 1. The lowest BCUT2D eigenvalue weighted by Crippen LogP contribution is -2.24. The maximum atomic E-state index is 11.5. The fraction of sp³-hybridized carbons (Fsp3) is 0.545. The summed E-state index contributed by atoms with van der Waals surface area (Å²) < 4.78 is 0. The van der Waals surface area contributed by atoms with Crippen molar-refractivity contribution in [3.63, 3.8) is 0 Å². The molecule has 7 heteroatoms. The van der Waals surface area contributed by atoms with Gasteiger partial charge in [-0.3, -0.25) is 4.79 Å². The monoisotopic (exact) mass is 271 g/mol. The van der Waals surface area contributed by atoms with Gasteiger partial charge in [-0.2, -0.15) is 0 Å². The van der Waals surface area contributed by atoms with Crippen LogP contribution in [-0.4, -0.2) is 28.5 Å². The van der Waals surface area contributed by atoms with Gasteiger partial charge >= 0.3 is 5.97 Å². The van der Waals surface area contributed by atoms with Gasteiger partial charge in [0.15, 0.2) is 5.69 Å². The molecular formula is C11H17N3O3S. The Morgan fingerprint density at radius 3 is 2.89 bits per heavy atom. The molecule has 6 nitrogen and oxygen atoms in total. The summed E-state index contributed by atoms with van der Waals surface area (Å²) in [6.45, 7) is 2.84. The van der Waals surface area contributed by atoms with Crippen LogP contribution in [0.15, 0.2) is 5.38 Å². The lowest BCUT2D eigenvalue weighted by Gasteiger charge is -2.07. The summed E-state index contributed by atoms with van der Waals surface area (Å²) in [7, 11) is 0. The minimum Gasteiger partial charge on any atom is -0.476 e. The number of amides is 1. The number of thiazole rings is 1.